The van der Waals surface area contributed by atoms with E-state index in [2.05, 4.69) is 11.2 Å². The first-order chi connectivity index (χ1) is 16.1. The van der Waals surface area contributed by atoms with Gasteiger partial charge in [0.15, 0.2) is 0 Å². The summed E-state index contributed by atoms with van der Waals surface area (Å²) in [5.74, 6) is -2.07. The zero-order chi connectivity index (χ0) is 24.6. The third-order valence-electron chi connectivity index (χ3n) is 7.26. The van der Waals surface area contributed by atoms with Crippen molar-refractivity contribution in [2.24, 2.45) is 11.1 Å². The average Bonchev–Trinajstić information content (AvgIpc) is 3.25. The van der Waals surface area contributed by atoms with Gasteiger partial charge < -0.3 is 15.2 Å². The minimum Gasteiger partial charge on any atom is -0.481 e. The summed E-state index contributed by atoms with van der Waals surface area (Å²) < 4.78 is 1.13. The molecule has 2 aromatic rings. The molecule has 0 radical (unpaired) electrons. The number of carboxylic acid groups (broad SMARTS) is 1. The van der Waals surface area contributed by atoms with E-state index in [1.165, 1.54) is 38.5 Å². The number of thiophene rings is 1. The molecular formula is C25H31N3O5S. The van der Waals surface area contributed by atoms with Crippen LogP contribution in [0.15, 0.2) is 23.4 Å². The van der Waals surface area contributed by atoms with E-state index in [1.807, 2.05) is 12.1 Å². The van der Waals surface area contributed by atoms with E-state index in [1.54, 1.807) is 32.2 Å². The number of carboxylic acids is 1. The lowest BCUT2D eigenvalue weighted by atomic mass is 9.92. The molecular weight excluding hydrogens is 454 g/mol. The maximum Gasteiger partial charge on any atom is 0.327 e. The highest BCUT2D eigenvalue weighted by atomic mass is 32.1. The zero-order valence-electron chi connectivity index (χ0n) is 19.8. The van der Waals surface area contributed by atoms with E-state index in [4.69, 9.17) is 0 Å². The minimum absolute atomic E-state index is 0.0652. The van der Waals surface area contributed by atoms with Crippen LogP contribution in [0.5, 0.6) is 0 Å². The number of carbonyl (C=O) groups excluding carboxylic acids is 2. The molecule has 2 heterocycles. The van der Waals surface area contributed by atoms with Crippen molar-refractivity contribution >= 4 is 45.0 Å². The van der Waals surface area contributed by atoms with Crippen LogP contribution in [0, 0.1) is 5.92 Å². The Labute approximate surface area is 202 Å². The molecule has 3 amide bonds. The smallest absolute Gasteiger partial charge is 0.327 e. The summed E-state index contributed by atoms with van der Waals surface area (Å²) in [5, 5.41) is 24.2. The Morgan fingerprint density at radius 2 is 1.97 bits per heavy atom. The maximum absolute atomic E-state index is 12.5. The highest BCUT2D eigenvalue weighted by molar-refractivity contribution is 7.19. The topological polar surface area (TPSA) is 111 Å². The van der Waals surface area contributed by atoms with Gasteiger partial charge in [-0.25, -0.2) is 4.79 Å². The van der Waals surface area contributed by atoms with E-state index in [0.29, 0.717) is 17.7 Å². The van der Waals surface area contributed by atoms with Gasteiger partial charge in [-0.1, -0.05) is 17.3 Å². The lowest BCUT2D eigenvalue weighted by Gasteiger charge is -2.22. The molecule has 2 N–H and O–H groups in total. The van der Waals surface area contributed by atoms with Crippen LogP contribution in [0.1, 0.15) is 62.0 Å². The van der Waals surface area contributed by atoms with Crippen LogP contribution in [0.25, 0.3) is 10.1 Å². The zero-order valence-corrected chi connectivity index (χ0v) is 20.7. The fourth-order valence-corrected chi connectivity index (χ4v) is 6.21. The first kappa shape index (κ1) is 24.2. The van der Waals surface area contributed by atoms with Gasteiger partial charge in [-0.15, -0.1) is 11.3 Å². The molecule has 1 aromatic heterocycles. The Morgan fingerprint density at radius 1 is 1.24 bits per heavy atom. The van der Waals surface area contributed by atoms with Gasteiger partial charge in [0.2, 0.25) is 0 Å². The Kier molecular flexibility index (Phi) is 6.66. The van der Waals surface area contributed by atoms with Gasteiger partial charge in [-0.3, -0.25) is 14.5 Å². The molecule has 1 aliphatic heterocycles. The number of aryl methyl sites for hydroxylation is 2. The molecule has 0 spiro atoms. The van der Waals surface area contributed by atoms with Crippen molar-refractivity contribution in [1.29, 1.82) is 0 Å². The molecule has 1 atom stereocenters. The molecule has 1 aliphatic carbocycles. The monoisotopic (exact) mass is 485 g/mol. The highest BCUT2D eigenvalue weighted by Gasteiger charge is 2.48. The second-order valence-electron chi connectivity index (χ2n) is 9.71. The lowest BCUT2D eigenvalue weighted by Crippen LogP contribution is -2.41. The number of imide groups is 1. The van der Waals surface area contributed by atoms with E-state index in [0.717, 1.165) is 17.5 Å². The number of nitrogens with zero attached hydrogens (tertiary/aromatic N) is 3. The molecule has 0 bridgehead atoms. The number of carbonyl (C=O) groups is 3. The SMILES string of the molecule is CN1C(=O)N(CCC[C@H](CC(=NO)c2ccc3c4c(sc3c2)CCCC4)C(=O)O)C(=O)C1(C)C. The first-order valence-corrected chi connectivity index (χ1v) is 12.5. The third kappa shape index (κ3) is 4.29. The van der Waals surface area contributed by atoms with Gasteiger partial charge >= 0.3 is 12.0 Å². The number of likely N-dealkylation sites (N-methyl/N-ethyl adjacent to an activating group) is 1. The molecule has 1 saturated heterocycles. The standard InChI is InChI=1S/C25H31N3O5S/c1-25(2)23(31)28(24(32)27(25)3)12-6-7-16(22(29)30)13-19(26-33)15-10-11-18-17-8-4-5-9-20(17)34-21(18)14-15/h10-11,14,16,33H,4-9,12-13H2,1-3H3,(H,29,30)/t16-/m1/s1. The lowest BCUT2D eigenvalue weighted by molar-refractivity contribution is -0.141. The summed E-state index contributed by atoms with van der Waals surface area (Å²) in [4.78, 5) is 40.9. The van der Waals surface area contributed by atoms with Crippen LogP contribution < -0.4 is 0 Å². The molecule has 9 heteroatoms. The van der Waals surface area contributed by atoms with Crippen molar-refractivity contribution in [1.82, 2.24) is 9.80 Å². The van der Waals surface area contributed by atoms with Gasteiger partial charge in [-0.05, 0) is 69.4 Å². The summed E-state index contributed by atoms with van der Waals surface area (Å²) in [5.41, 5.74) is 1.56. The normalized spacial score (nSPS) is 19.1. The number of amides is 3. The number of benzene rings is 1. The Balaban J connectivity index is 1.44. The molecule has 182 valence electrons. The number of urea groups is 1. The molecule has 2 aliphatic rings. The quantitative estimate of drug-likeness (QED) is 0.248. The second-order valence-corrected chi connectivity index (χ2v) is 10.8. The van der Waals surface area contributed by atoms with E-state index in [-0.39, 0.29) is 31.3 Å². The Bertz CT molecular complexity index is 1170. The van der Waals surface area contributed by atoms with Crippen LogP contribution >= 0.6 is 11.3 Å². The summed E-state index contributed by atoms with van der Waals surface area (Å²) in [7, 11) is 1.59. The van der Waals surface area contributed by atoms with E-state index >= 15 is 0 Å². The fourth-order valence-electron chi connectivity index (χ4n) is 4.88. The van der Waals surface area contributed by atoms with Gasteiger partial charge in [0.25, 0.3) is 5.91 Å². The summed E-state index contributed by atoms with van der Waals surface area (Å²) >= 11 is 1.77. The van der Waals surface area contributed by atoms with Gasteiger partial charge in [0.05, 0.1) is 11.6 Å². The number of hydrogen-bond acceptors (Lipinski definition) is 6. The summed E-state index contributed by atoms with van der Waals surface area (Å²) in [6.07, 6.45) is 5.27. The maximum atomic E-state index is 12.5. The van der Waals surface area contributed by atoms with Crippen LogP contribution in [-0.4, -0.2) is 62.9 Å². The third-order valence-corrected chi connectivity index (χ3v) is 8.51. The van der Waals surface area contributed by atoms with Crippen molar-refractivity contribution in [3.05, 3.63) is 34.2 Å². The second kappa shape index (κ2) is 9.37. The van der Waals surface area contributed by atoms with Crippen molar-refractivity contribution in [3.8, 4) is 0 Å². The number of oxime groups is 1. The molecule has 0 saturated carbocycles. The van der Waals surface area contributed by atoms with Crippen LogP contribution in [0.3, 0.4) is 0 Å². The molecule has 4 rings (SSSR count). The largest absolute Gasteiger partial charge is 0.481 e. The van der Waals surface area contributed by atoms with Crippen molar-refractivity contribution < 1.29 is 24.7 Å². The molecule has 1 aromatic carbocycles. The summed E-state index contributed by atoms with van der Waals surface area (Å²) in [6, 6.07) is 5.57. The number of fused-ring (bicyclic) bond motifs is 3. The number of hydrogen-bond donors (Lipinski definition) is 2. The van der Waals surface area contributed by atoms with Crippen molar-refractivity contribution in [2.45, 2.75) is 64.3 Å². The van der Waals surface area contributed by atoms with Gasteiger partial charge in [0, 0.05) is 35.2 Å². The predicted octanol–water partition coefficient (Wildman–Crippen LogP) is 4.50. The fraction of sp³-hybridized carbons (Fsp3) is 0.520. The highest BCUT2D eigenvalue weighted by Crippen LogP contribution is 2.37. The Hall–Kier alpha value is -2.94. The van der Waals surface area contributed by atoms with Crippen LogP contribution in [0.2, 0.25) is 0 Å². The van der Waals surface area contributed by atoms with Crippen LogP contribution in [-0.2, 0) is 22.4 Å². The number of rotatable bonds is 8. The predicted molar refractivity (Wildman–Crippen MR) is 131 cm³/mol. The summed E-state index contributed by atoms with van der Waals surface area (Å²) in [6.45, 7) is 3.55. The molecule has 0 unspecified atom stereocenters. The Morgan fingerprint density at radius 3 is 2.62 bits per heavy atom. The van der Waals surface area contributed by atoms with Gasteiger partial charge in [-0.2, -0.15) is 0 Å². The van der Waals surface area contributed by atoms with Crippen molar-refractivity contribution in [3.63, 3.8) is 0 Å². The average molecular weight is 486 g/mol. The van der Waals surface area contributed by atoms with Crippen LogP contribution in [0.4, 0.5) is 4.79 Å². The first-order valence-electron chi connectivity index (χ1n) is 11.7. The van der Waals surface area contributed by atoms with E-state index in [9.17, 15) is 24.7 Å². The molecule has 8 nitrogen and oxygen atoms in total. The number of aliphatic carboxylic acids is 1. The molecule has 1 fully saturated rings. The van der Waals surface area contributed by atoms with Gasteiger partial charge in [0.1, 0.15) is 5.54 Å². The minimum atomic E-state index is -0.995. The molecule has 34 heavy (non-hydrogen) atoms. The van der Waals surface area contributed by atoms with E-state index < -0.39 is 17.4 Å². The van der Waals surface area contributed by atoms with Crippen molar-refractivity contribution in [2.75, 3.05) is 13.6 Å².